The van der Waals surface area contributed by atoms with Crippen LogP contribution in [0.2, 0.25) is 0 Å². The van der Waals surface area contributed by atoms with Gasteiger partial charge in [0.25, 0.3) is 0 Å². The van der Waals surface area contributed by atoms with Crippen LogP contribution in [-0.2, 0) is 6.54 Å². The molecule has 0 bridgehead atoms. The smallest absolute Gasteiger partial charge is 0.433 e. The minimum atomic E-state index is -4.56. The van der Waals surface area contributed by atoms with Crippen LogP contribution in [-0.4, -0.2) is 29.3 Å². The molecule has 33 heavy (non-hydrogen) atoms. The maximum atomic E-state index is 14.1. The van der Waals surface area contributed by atoms with E-state index in [0.717, 1.165) is 12.1 Å². The zero-order chi connectivity index (χ0) is 23.8. The molecule has 3 aromatic rings. The molecule has 0 unspecified atom stereocenters. The van der Waals surface area contributed by atoms with Gasteiger partial charge in [-0.2, -0.15) is 13.2 Å². The van der Waals surface area contributed by atoms with E-state index in [4.69, 9.17) is 4.74 Å². The van der Waals surface area contributed by atoms with Gasteiger partial charge in [-0.05, 0) is 43.2 Å². The molecular weight excluding hydrogens is 440 g/mol. The number of carbonyl (C=O) groups is 1. The van der Waals surface area contributed by atoms with Crippen LogP contribution in [0.4, 0.5) is 17.6 Å². The zero-order valence-corrected chi connectivity index (χ0v) is 17.4. The second-order valence-corrected chi connectivity index (χ2v) is 7.50. The number of methoxy groups -OCH3 is 1. The number of rotatable bonds is 5. The van der Waals surface area contributed by atoms with Crippen molar-refractivity contribution in [1.82, 2.24) is 4.57 Å². The van der Waals surface area contributed by atoms with Crippen molar-refractivity contribution in [2.24, 2.45) is 4.99 Å². The van der Waals surface area contributed by atoms with Gasteiger partial charge in [0.05, 0.1) is 24.7 Å². The van der Waals surface area contributed by atoms with Gasteiger partial charge in [0, 0.05) is 22.9 Å². The number of hydrogen-bond donors (Lipinski definition) is 0. The fraction of sp³-hybridized carbons (Fsp3) is 0.208. The number of aliphatic imine (C=N–C) groups is 1. The van der Waals surface area contributed by atoms with Crippen LogP contribution in [0, 0.1) is 5.82 Å². The molecule has 9 heteroatoms. The zero-order valence-electron chi connectivity index (χ0n) is 17.4. The standard InChI is InChI=1S/C24H18F4N2O3/c1-33-20-10-9-14(11-18(20)25)22(31)17-13-30(19-7-3-2-6-16(19)23(17)32)12-15-5-4-8-21(29-15)24(26,27)28/h2-3,6-11,13H,4-5,12H2,1H3. The minimum Gasteiger partial charge on any atom is -0.494 e. The third-order valence-corrected chi connectivity index (χ3v) is 5.34. The summed E-state index contributed by atoms with van der Waals surface area (Å²) in [7, 11) is 1.29. The maximum Gasteiger partial charge on any atom is 0.433 e. The average molecular weight is 458 g/mol. The number of ether oxygens (including phenoxy) is 1. The van der Waals surface area contributed by atoms with Crippen molar-refractivity contribution in [3.8, 4) is 5.75 Å². The molecular formula is C24H18F4N2O3. The van der Waals surface area contributed by atoms with E-state index >= 15 is 0 Å². The number of fused-ring (bicyclic) bond motifs is 1. The monoisotopic (exact) mass is 458 g/mol. The number of benzene rings is 2. The summed E-state index contributed by atoms with van der Waals surface area (Å²) in [6.07, 6.45) is -1.73. The highest BCUT2D eigenvalue weighted by Gasteiger charge is 2.35. The minimum absolute atomic E-state index is 0.0362. The van der Waals surface area contributed by atoms with E-state index in [-0.39, 0.29) is 40.9 Å². The quantitative estimate of drug-likeness (QED) is 0.397. The van der Waals surface area contributed by atoms with Gasteiger partial charge in [0.1, 0.15) is 5.70 Å². The molecule has 1 aliphatic heterocycles. The topological polar surface area (TPSA) is 60.7 Å². The summed E-state index contributed by atoms with van der Waals surface area (Å²) in [4.78, 5) is 29.9. The molecule has 2 aromatic carbocycles. The largest absolute Gasteiger partial charge is 0.494 e. The predicted octanol–water partition coefficient (Wildman–Crippen LogP) is 5.06. The number of nitrogens with zero attached hydrogens (tertiary/aromatic N) is 2. The fourth-order valence-electron chi connectivity index (χ4n) is 3.74. The lowest BCUT2D eigenvalue weighted by molar-refractivity contribution is -0.0928. The molecule has 0 fully saturated rings. The van der Waals surface area contributed by atoms with E-state index < -0.39 is 28.9 Å². The van der Waals surface area contributed by atoms with Crippen molar-refractivity contribution < 1.29 is 27.1 Å². The third kappa shape index (κ3) is 4.44. The highest BCUT2D eigenvalue weighted by molar-refractivity contribution is 6.10. The Morgan fingerprint density at radius 2 is 1.94 bits per heavy atom. The summed E-state index contributed by atoms with van der Waals surface area (Å²) in [6, 6.07) is 10.1. The van der Waals surface area contributed by atoms with Crippen LogP contribution in [0.5, 0.6) is 5.75 Å². The van der Waals surface area contributed by atoms with Crippen LogP contribution >= 0.6 is 0 Å². The highest BCUT2D eigenvalue weighted by atomic mass is 19.4. The SMILES string of the molecule is COc1ccc(C(=O)c2cn(CC3=NC(C(F)(F)F)=CCC3)c3ccccc3c2=O)cc1F. The van der Waals surface area contributed by atoms with Gasteiger partial charge in [-0.3, -0.25) is 14.6 Å². The summed E-state index contributed by atoms with van der Waals surface area (Å²) in [5, 5.41) is 0.223. The van der Waals surface area contributed by atoms with Crippen LogP contribution < -0.4 is 10.2 Å². The molecule has 0 amide bonds. The Balaban J connectivity index is 1.80. The molecule has 1 aliphatic rings. The number of hydrogen-bond acceptors (Lipinski definition) is 4. The first kappa shape index (κ1) is 22.4. The third-order valence-electron chi connectivity index (χ3n) is 5.34. The van der Waals surface area contributed by atoms with Crippen LogP contribution in [0.3, 0.4) is 0 Å². The van der Waals surface area contributed by atoms with Gasteiger partial charge in [-0.25, -0.2) is 4.39 Å². The van der Waals surface area contributed by atoms with Crippen molar-refractivity contribution in [3.63, 3.8) is 0 Å². The molecule has 0 saturated heterocycles. The van der Waals surface area contributed by atoms with Gasteiger partial charge >= 0.3 is 6.18 Å². The highest BCUT2D eigenvalue weighted by Crippen LogP contribution is 2.30. The molecule has 170 valence electrons. The summed E-state index contributed by atoms with van der Waals surface area (Å²) >= 11 is 0. The molecule has 0 spiro atoms. The summed E-state index contributed by atoms with van der Waals surface area (Å²) in [6.45, 7) is -0.0362. The number of ketones is 1. The van der Waals surface area contributed by atoms with Gasteiger partial charge in [-0.1, -0.05) is 18.2 Å². The van der Waals surface area contributed by atoms with E-state index in [9.17, 15) is 27.2 Å². The van der Waals surface area contributed by atoms with Gasteiger partial charge in [0.2, 0.25) is 5.43 Å². The Labute approximate surface area is 185 Å². The van der Waals surface area contributed by atoms with Crippen molar-refractivity contribution in [2.75, 3.05) is 7.11 Å². The Hall–Kier alpha value is -3.75. The van der Waals surface area contributed by atoms with E-state index in [1.807, 2.05) is 0 Å². The number of pyridine rings is 1. The Bertz CT molecular complexity index is 1370. The van der Waals surface area contributed by atoms with Gasteiger partial charge < -0.3 is 9.30 Å². The number of halogens is 4. The molecule has 4 rings (SSSR count). The first-order valence-corrected chi connectivity index (χ1v) is 10.0. The lowest BCUT2D eigenvalue weighted by Gasteiger charge is -2.18. The number of allylic oxidation sites excluding steroid dienone is 2. The van der Waals surface area contributed by atoms with Crippen molar-refractivity contribution in [2.45, 2.75) is 25.6 Å². The van der Waals surface area contributed by atoms with Crippen LogP contribution in [0.1, 0.15) is 28.8 Å². The molecule has 0 N–H and O–H groups in total. The van der Waals surface area contributed by atoms with Crippen LogP contribution in [0.25, 0.3) is 10.9 Å². The van der Waals surface area contributed by atoms with E-state index in [2.05, 4.69) is 4.99 Å². The van der Waals surface area contributed by atoms with Gasteiger partial charge in [0.15, 0.2) is 17.3 Å². The number of carbonyl (C=O) groups excluding carboxylic acids is 1. The Morgan fingerprint density at radius 3 is 2.64 bits per heavy atom. The number of para-hydroxylation sites is 1. The lowest BCUT2D eigenvalue weighted by Crippen LogP contribution is -2.23. The predicted molar refractivity (Wildman–Crippen MR) is 115 cm³/mol. The lowest BCUT2D eigenvalue weighted by atomic mass is 10.0. The average Bonchev–Trinajstić information content (AvgIpc) is 2.80. The summed E-state index contributed by atoms with van der Waals surface area (Å²) < 4.78 is 59.8. The summed E-state index contributed by atoms with van der Waals surface area (Å²) in [5.74, 6) is -1.51. The van der Waals surface area contributed by atoms with E-state index in [0.29, 0.717) is 11.9 Å². The Kier molecular flexibility index (Phi) is 5.88. The first-order valence-electron chi connectivity index (χ1n) is 10.0. The van der Waals surface area contributed by atoms with Crippen LogP contribution in [0.15, 0.2) is 70.2 Å². The normalized spacial score (nSPS) is 14.1. The molecule has 1 aromatic heterocycles. The number of alkyl halides is 3. The molecule has 0 saturated carbocycles. The molecule has 5 nitrogen and oxygen atoms in total. The maximum absolute atomic E-state index is 14.1. The fourth-order valence-corrected chi connectivity index (χ4v) is 3.74. The second-order valence-electron chi connectivity index (χ2n) is 7.50. The molecule has 2 heterocycles. The van der Waals surface area contributed by atoms with E-state index in [1.54, 1.807) is 18.2 Å². The van der Waals surface area contributed by atoms with Crippen molar-refractivity contribution >= 4 is 22.4 Å². The second kappa shape index (κ2) is 8.65. The van der Waals surface area contributed by atoms with Crippen molar-refractivity contribution in [3.05, 3.63) is 87.6 Å². The van der Waals surface area contributed by atoms with E-state index in [1.165, 1.54) is 36.1 Å². The van der Waals surface area contributed by atoms with Gasteiger partial charge in [-0.15, -0.1) is 0 Å². The summed E-state index contributed by atoms with van der Waals surface area (Å²) in [5.41, 5.74) is -1.06. The number of aromatic nitrogens is 1. The van der Waals surface area contributed by atoms with Crippen molar-refractivity contribution in [1.29, 1.82) is 0 Å². The molecule has 0 aliphatic carbocycles. The molecule has 0 radical (unpaired) electrons. The molecule has 0 atom stereocenters. The first-order chi connectivity index (χ1) is 15.7. The Morgan fingerprint density at radius 1 is 1.18 bits per heavy atom.